The molecule has 1 aliphatic heterocycles. The molecule has 1 fully saturated rings. The van der Waals surface area contributed by atoms with Crippen LogP contribution in [0.25, 0.3) is 0 Å². The molecule has 0 radical (unpaired) electrons. The van der Waals surface area contributed by atoms with Gasteiger partial charge >= 0.3 is 0 Å². The third-order valence-corrected chi connectivity index (χ3v) is 3.78. The molecule has 0 aliphatic carbocycles. The lowest BCUT2D eigenvalue weighted by atomic mass is 10.2. The van der Waals surface area contributed by atoms with E-state index in [9.17, 15) is 0 Å². The maximum Gasteiger partial charge on any atom is 0.149 e. The summed E-state index contributed by atoms with van der Waals surface area (Å²) in [4.78, 5) is 10.6. The topological polar surface area (TPSA) is 54.8 Å². The molecular weight excluding hydrogens is 258 g/mol. The van der Waals surface area contributed by atoms with Gasteiger partial charge in [-0.15, -0.1) is 21.5 Å². The number of hydrogen-bond acceptors (Lipinski definition) is 6. The quantitative estimate of drug-likeness (QED) is 0.836. The van der Waals surface area contributed by atoms with Crippen molar-refractivity contribution in [1.82, 2.24) is 20.2 Å². The van der Waals surface area contributed by atoms with Crippen LogP contribution in [0.5, 0.6) is 0 Å². The minimum Gasteiger partial charge on any atom is -0.346 e. The Morgan fingerprint density at radius 1 is 1.41 bits per heavy atom. The highest BCUT2D eigenvalue weighted by molar-refractivity contribution is 7.09. The molecule has 0 bridgehead atoms. The summed E-state index contributed by atoms with van der Waals surface area (Å²) in [5, 5.41) is 9.49. The molecule has 5 nitrogen and oxygen atoms in total. The molecule has 88 valence electrons. The number of rotatable bonds is 2. The van der Waals surface area contributed by atoms with E-state index in [4.69, 9.17) is 11.6 Å². The molecule has 0 aromatic carbocycles. The maximum atomic E-state index is 5.87. The van der Waals surface area contributed by atoms with Gasteiger partial charge in [-0.3, -0.25) is 4.98 Å². The molecule has 0 N–H and O–H groups in total. The highest BCUT2D eigenvalue weighted by atomic mass is 35.5. The maximum absolute atomic E-state index is 5.87. The molecule has 3 rings (SSSR count). The van der Waals surface area contributed by atoms with Crippen molar-refractivity contribution in [2.24, 2.45) is 0 Å². The lowest BCUT2D eigenvalue weighted by Crippen LogP contribution is -2.23. The first-order valence-electron chi connectivity index (χ1n) is 5.35. The SMILES string of the molecule is Clc1cncc(N2CCCC2c2nncs2)n1. The lowest BCUT2D eigenvalue weighted by Gasteiger charge is -2.23. The average Bonchev–Trinajstić information content (AvgIpc) is 3.00. The number of aromatic nitrogens is 4. The molecule has 17 heavy (non-hydrogen) atoms. The summed E-state index contributed by atoms with van der Waals surface area (Å²) in [6, 6.07) is 0.260. The Hall–Kier alpha value is -1.27. The van der Waals surface area contributed by atoms with E-state index in [1.165, 1.54) is 0 Å². The summed E-state index contributed by atoms with van der Waals surface area (Å²) in [6.07, 6.45) is 5.48. The Kier molecular flexibility index (Phi) is 2.90. The Balaban J connectivity index is 1.92. The molecular formula is C10H10ClN5S. The van der Waals surface area contributed by atoms with Crippen LogP contribution < -0.4 is 4.90 Å². The van der Waals surface area contributed by atoms with Crippen molar-refractivity contribution in [2.45, 2.75) is 18.9 Å². The summed E-state index contributed by atoms with van der Waals surface area (Å²) in [5.74, 6) is 0.815. The molecule has 7 heteroatoms. The third-order valence-electron chi connectivity index (χ3n) is 2.80. The van der Waals surface area contributed by atoms with Crippen LogP contribution in [-0.4, -0.2) is 26.7 Å². The first kappa shape index (κ1) is 10.9. The van der Waals surface area contributed by atoms with E-state index in [0.717, 1.165) is 30.2 Å². The highest BCUT2D eigenvalue weighted by Crippen LogP contribution is 2.35. The monoisotopic (exact) mass is 267 g/mol. The van der Waals surface area contributed by atoms with Crippen molar-refractivity contribution < 1.29 is 0 Å². The first-order valence-corrected chi connectivity index (χ1v) is 6.60. The van der Waals surface area contributed by atoms with Crippen LogP contribution in [0.2, 0.25) is 5.15 Å². The second kappa shape index (κ2) is 4.54. The van der Waals surface area contributed by atoms with E-state index in [2.05, 4.69) is 25.1 Å². The van der Waals surface area contributed by atoms with Crippen LogP contribution in [0.4, 0.5) is 5.82 Å². The van der Waals surface area contributed by atoms with E-state index in [0.29, 0.717) is 5.15 Å². The van der Waals surface area contributed by atoms with Gasteiger partial charge in [-0.25, -0.2) is 4.98 Å². The van der Waals surface area contributed by atoms with Crippen molar-refractivity contribution in [2.75, 3.05) is 11.4 Å². The van der Waals surface area contributed by atoms with Crippen molar-refractivity contribution in [3.8, 4) is 0 Å². The van der Waals surface area contributed by atoms with E-state index in [-0.39, 0.29) is 6.04 Å². The molecule has 0 saturated carbocycles. The van der Waals surface area contributed by atoms with Gasteiger partial charge in [-0.05, 0) is 12.8 Å². The fourth-order valence-electron chi connectivity index (χ4n) is 2.10. The Bertz CT molecular complexity index is 503. The molecule has 2 aromatic heterocycles. The van der Waals surface area contributed by atoms with Crippen LogP contribution in [-0.2, 0) is 0 Å². The van der Waals surface area contributed by atoms with Gasteiger partial charge in [0.2, 0.25) is 0 Å². The van der Waals surface area contributed by atoms with E-state index >= 15 is 0 Å². The summed E-state index contributed by atoms with van der Waals surface area (Å²) < 4.78 is 0. The van der Waals surface area contributed by atoms with Gasteiger partial charge in [-0.2, -0.15) is 0 Å². The number of anilines is 1. The fourth-order valence-corrected chi connectivity index (χ4v) is 2.94. The summed E-state index contributed by atoms with van der Waals surface area (Å²) in [5.41, 5.74) is 1.76. The standard InChI is InChI=1S/C10H10ClN5S/c11-8-4-12-5-9(14-8)16-3-1-2-7(16)10-15-13-6-17-10/h4-7H,1-3H2. The van der Waals surface area contributed by atoms with Crippen LogP contribution in [0.3, 0.4) is 0 Å². The Morgan fingerprint density at radius 3 is 3.12 bits per heavy atom. The zero-order valence-electron chi connectivity index (χ0n) is 8.95. The average molecular weight is 268 g/mol. The van der Waals surface area contributed by atoms with Gasteiger partial charge in [0.05, 0.1) is 18.4 Å². The smallest absolute Gasteiger partial charge is 0.149 e. The summed E-state index contributed by atoms with van der Waals surface area (Å²) in [7, 11) is 0. The zero-order chi connectivity index (χ0) is 11.7. The second-order valence-electron chi connectivity index (χ2n) is 3.83. The van der Waals surface area contributed by atoms with Crippen LogP contribution >= 0.6 is 22.9 Å². The predicted octanol–water partition coefficient (Wildman–Crippen LogP) is 2.32. The van der Waals surface area contributed by atoms with Gasteiger partial charge < -0.3 is 4.90 Å². The van der Waals surface area contributed by atoms with Crippen molar-refractivity contribution >= 4 is 28.8 Å². The first-order chi connectivity index (χ1) is 8.34. The van der Waals surface area contributed by atoms with Crippen molar-refractivity contribution in [3.63, 3.8) is 0 Å². The molecule has 2 aromatic rings. The number of nitrogens with zero attached hydrogens (tertiary/aromatic N) is 5. The largest absolute Gasteiger partial charge is 0.346 e. The molecule has 1 unspecified atom stereocenters. The van der Waals surface area contributed by atoms with Gasteiger partial charge in [0.15, 0.2) is 0 Å². The molecule has 1 atom stereocenters. The minimum atomic E-state index is 0.260. The number of halogens is 1. The second-order valence-corrected chi connectivity index (χ2v) is 5.08. The van der Waals surface area contributed by atoms with Crippen molar-refractivity contribution in [1.29, 1.82) is 0 Å². The molecule has 0 spiro atoms. The Labute approximate surface area is 107 Å². The fraction of sp³-hybridized carbons (Fsp3) is 0.400. The molecule has 1 aliphatic rings. The van der Waals surface area contributed by atoms with Gasteiger partial charge in [0, 0.05) is 6.54 Å². The van der Waals surface area contributed by atoms with E-state index < -0.39 is 0 Å². The van der Waals surface area contributed by atoms with Gasteiger partial charge in [0.1, 0.15) is 21.5 Å². The lowest BCUT2D eigenvalue weighted by molar-refractivity contribution is 0.693. The summed E-state index contributed by atoms with van der Waals surface area (Å²) in [6.45, 7) is 0.958. The third kappa shape index (κ3) is 2.10. The number of hydrogen-bond donors (Lipinski definition) is 0. The van der Waals surface area contributed by atoms with Gasteiger partial charge in [0.25, 0.3) is 0 Å². The predicted molar refractivity (Wildman–Crippen MR) is 66.3 cm³/mol. The van der Waals surface area contributed by atoms with Crippen LogP contribution in [0, 0.1) is 0 Å². The highest BCUT2D eigenvalue weighted by Gasteiger charge is 2.29. The molecule has 0 amide bonds. The van der Waals surface area contributed by atoms with Crippen LogP contribution in [0.1, 0.15) is 23.9 Å². The van der Waals surface area contributed by atoms with E-state index in [1.54, 1.807) is 29.2 Å². The summed E-state index contributed by atoms with van der Waals surface area (Å²) >= 11 is 7.45. The molecule has 3 heterocycles. The molecule has 1 saturated heterocycles. The van der Waals surface area contributed by atoms with E-state index in [1.807, 2.05) is 0 Å². The van der Waals surface area contributed by atoms with Crippen LogP contribution in [0.15, 0.2) is 17.9 Å². The zero-order valence-corrected chi connectivity index (χ0v) is 10.5. The van der Waals surface area contributed by atoms with Crippen molar-refractivity contribution in [3.05, 3.63) is 28.1 Å². The minimum absolute atomic E-state index is 0.260. The normalized spacial score (nSPS) is 19.8. The van der Waals surface area contributed by atoms with Gasteiger partial charge in [-0.1, -0.05) is 11.6 Å². The Morgan fingerprint density at radius 2 is 2.35 bits per heavy atom.